The summed E-state index contributed by atoms with van der Waals surface area (Å²) < 4.78 is 16.8. The molecule has 0 aliphatic heterocycles. The van der Waals surface area contributed by atoms with Crippen molar-refractivity contribution in [2.45, 2.75) is 20.3 Å². The average molecular weight is 435 g/mol. The van der Waals surface area contributed by atoms with Crippen LogP contribution < -0.4 is 19.8 Å². The number of rotatable bonds is 5. The Bertz CT molecular complexity index is 986. The summed E-state index contributed by atoms with van der Waals surface area (Å²) in [5.41, 5.74) is 1.99. The zero-order valence-corrected chi connectivity index (χ0v) is 17.6. The number of halogens is 1. The number of fused-ring (bicyclic) bond motifs is 1. The van der Waals surface area contributed by atoms with Gasteiger partial charge in [-0.25, -0.2) is 0 Å². The van der Waals surface area contributed by atoms with E-state index in [-0.39, 0.29) is 5.56 Å². The Morgan fingerprint density at radius 1 is 0.963 bits per heavy atom. The van der Waals surface area contributed by atoms with E-state index in [0.717, 1.165) is 20.9 Å². The summed E-state index contributed by atoms with van der Waals surface area (Å²) in [6.45, 7) is 4.00. The molecule has 1 aromatic carbocycles. The first-order valence-electron chi connectivity index (χ1n) is 8.53. The summed E-state index contributed by atoms with van der Waals surface area (Å²) in [6.07, 6.45) is 0.355. The highest BCUT2D eigenvalue weighted by Gasteiger charge is 2.15. The topological polar surface area (TPSA) is 73.4 Å². The molecule has 0 atom stereocenters. The highest BCUT2D eigenvalue weighted by atomic mass is 79.9. The molecule has 144 valence electrons. The molecule has 3 aromatic rings. The molecule has 27 heavy (non-hydrogen) atoms. The van der Waals surface area contributed by atoms with Crippen molar-refractivity contribution in [1.29, 1.82) is 0 Å². The fourth-order valence-corrected chi connectivity index (χ4v) is 3.03. The number of nitrogens with one attached hydrogen (secondary N) is 1. The molecule has 6 nitrogen and oxygen atoms in total. The SMILES string of the molecule is CC.COc1cc(Cc2cc3cc(Br)ccc3[nH]c2=O)c(OC)nc1OC. The summed E-state index contributed by atoms with van der Waals surface area (Å²) in [6, 6.07) is 9.35. The van der Waals surface area contributed by atoms with Gasteiger partial charge < -0.3 is 19.2 Å². The van der Waals surface area contributed by atoms with Gasteiger partial charge in [0.1, 0.15) is 0 Å². The van der Waals surface area contributed by atoms with Gasteiger partial charge in [0.05, 0.1) is 21.3 Å². The molecule has 0 aliphatic carbocycles. The monoisotopic (exact) mass is 434 g/mol. The number of pyridine rings is 2. The molecule has 2 heterocycles. The Kier molecular flexibility index (Phi) is 7.24. The third-order valence-corrected chi connectivity index (χ3v) is 4.36. The summed E-state index contributed by atoms with van der Waals surface area (Å²) in [4.78, 5) is 19.6. The van der Waals surface area contributed by atoms with Crippen LogP contribution in [0.5, 0.6) is 17.5 Å². The quantitative estimate of drug-likeness (QED) is 0.646. The maximum atomic E-state index is 12.4. The molecule has 0 amide bonds. The standard InChI is InChI=1S/C18H17BrN2O4.C2H6/c1-23-15-9-12(17(24-2)21-18(15)25-3)7-11-6-10-8-13(19)4-5-14(10)20-16(11)22;1-2/h4-6,8-9H,7H2,1-3H3,(H,20,22);1-2H3. The van der Waals surface area contributed by atoms with Crippen molar-refractivity contribution in [3.05, 3.63) is 56.3 Å². The number of hydrogen-bond acceptors (Lipinski definition) is 5. The molecule has 0 fully saturated rings. The van der Waals surface area contributed by atoms with Crippen LogP contribution in [-0.4, -0.2) is 31.3 Å². The van der Waals surface area contributed by atoms with E-state index in [1.54, 1.807) is 6.07 Å². The van der Waals surface area contributed by atoms with Gasteiger partial charge in [0.25, 0.3) is 11.4 Å². The van der Waals surface area contributed by atoms with Crippen molar-refractivity contribution in [3.8, 4) is 17.5 Å². The largest absolute Gasteiger partial charge is 0.491 e. The van der Waals surface area contributed by atoms with Crippen LogP contribution in [0.2, 0.25) is 0 Å². The second-order valence-electron chi connectivity index (χ2n) is 5.40. The van der Waals surface area contributed by atoms with Gasteiger partial charge in [0, 0.05) is 27.5 Å². The lowest BCUT2D eigenvalue weighted by atomic mass is 10.1. The van der Waals surface area contributed by atoms with Gasteiger partial charge in [-0.1, -0.05) is 29.8 Å². The van der Waals surface area contributed by atoms with Crippen LogP contribution in [0, 0.1) is 0 Å². The molecule has 3 rings (SSSR count). The predicted octanol–water partition coefficient (Wildman–Crippen LogP) is 4.33. The maximum absolute atomic E-state index is 12.4. The van der Waals surface area contributed by atoms with E-state index in [0.29, 0.717) is 29.5 Å². The van der Waals surface area contributed by atoms with E-state index in [1.807, 2.05) is 38.1 Å². The number of methoxy groups -OCH3 is 3. The summed E-state index contributed by atoms with van der Waals surface area (Å²) >= 11 is 3.45. The molecule has 0 spiro atoms. The summed E-state index contributed by atoms with van der Waals surface area (Å²) in [5.74, 6) is 1.21. The molecule has 7 heteroatoms. The zero-order chi connectivity index (χ0) is 20.0. The first kappa shape index (κ1) is 20.8. The second kappa shape index (κ2) is 9.41. The summed E-state index contributed by atoms with van der Waals surface area (Å²) in [5, 5.41) is 0.941. The van der Waals surface area contributed by atoms with Gasteiger partial charge >= 0.3 is 0 Å². The normalized spacial score (nSPS) is 10.1. The lowest BCUT2D eigenvalue weighted by Crippen LogP contribution is -2.13. The van der Waals surface area contributed by atoms with E-state index < -0.39 is 0 Å². The van der Waals surface area contributed by atoms with Crippen LogP contribution in [0.15, 0.2) is 39.6 Å². The van der Waals surface area contributed by atoms with Crippen LogP contribution >= 0.6 is 15.9 Å². The molecular weight excluding hydrogens is 412 g/mol. The molecule has 2 aromatic heterocycles. The van der Waals surface area contributed by atoms with Crippen LogP contribution in [0.4, 0.5) is 0 Å². The van der Waals surface area contributed by atoms with Gasteiger partial charge in [0.2, 0.25) is 5.88 Å². The van der Waals surface area contributed by atoms with E-state index >= 15 is 0 Å². The van der Waals surface area contributed by atoms with E-state index in [1.165, 1.54) is 21.3 Å². The minimum Gasteiger partial charge on any atom is -0.491 e. The lowest BCUT2D eigenvalue weighted by molar-refractivity contribution is 0.327. The number of aromatic amines is 1. The number of ether oxygens (including phenoxy) is 3. The second-order valence-corrected chi connectivity index (χ2v) is 6.32. The minimum absolute atomic E-state index is 0.147. The molecule has 0 aliphatic rings. The summed E-state index contributed by atoms with van der Waals surface area (Å²) in [7, 11) is 4.57. The minimum atomic E-state index is -0.147. The average Bonchev–Trinajstić information content (AvgIpc) is 2.70. The van der Waals surface area contributed by atoms with Crippen molar-refractivity contribution < 1.29 is 14.2 Å². The van der Waals surface area contributed by atoms with E-state index in [4.69, 9.17) is 14.2 Å². The molecule has 0 saturated carbocycles. The highest BCUT2D eigenvalue weighted by molar-refractivity contribution is 9.10. The van der Waals surface area contributed by atoms with Crippen molar-refractivity contribution in [3.63, 3.8) is 0 Å². The van der Waals surface area contributed by atoms with Crippen LogP contribution in [0.25, 0.3) is 10.9 Å². The third-order valence-electron chi connectivity index (χ3n) is 3.86. The molecule has 0 bridgehead atoms. The van der Waals surface area contributed by atoms with Gasteiger partial charge in [0.15, 0.2) is 5.75 Å². The van der Waals surface area contributed by atoms with Gasteiger partial charge in [-0.2, -0.15) is 4.98 Å². The zero-order valence-electron chi connectivity index (χ0n) is 16.1. The fraction of sp³-hybridized carbons (Fsp3) is 0.300. The van der Waals surface area contributed by atoms with E-state index in [9.17, 15) is 4.79 Å². The van der Waals surface area contributed by atoms with Crippen molar-refractivity contribution in [2.75, 3.05) is 21.3 Å². The van der Waals surface area contributed by atoms with Crippen LogP contribution in [0.3, 0.4) is 0 Å². The molecular formula is C20H23BrN2O4. The van der Waals surface area contributed by atoms with Crippen molar-refractivity contribution in [2.24, 2.45) is 0 Å². The Hall–Kier alpha value is -2.54. The Labute approximate surface area is 166 Å². The molecule has 0 saturated heterocycles. The molecule has 1 N–H and O–H groups in total. The number of nitrogens with zero attached hydrogens (tertiary/aromatic N) is 1. The van der Waals surface area contributed by atoms with Gasteiger partial charge in [-0.3, -0.25) is 4.79 Å². The number of hydrogen-bond donors (Lipinski definition) is 1. The van der Waals surface area contributed by atoms with Gasteiger partial charge in [-0.05, 0) is 35.7 Å². The number of benzene rings is 1. The Morgan fingerprint density at radius 2 is 1.67 bits per heavy atom. The van der Waals surface area contributed by atoms with Crippen LogP contribution in [0.1, 0.15) is 25.0 Å². The number of H-pyrrole nitrogens is 1. The van der Waals surface area contributed by atoms with Crippen molar-refractivity contribution in [1.82, 2.24) is 9.97 Å². The molecule has 0 unspecified atom stereocenters. The fourth-order valence-electron chi connectivity index (χ4n) is 2.66. The predicted molar refractivity (Wildman–Crippen MR) is 110 cm³/mol. The smallest absolute Gasteiger partial charge is 0.260 e. The van der Waals surface area contributed by atoms with Crippen molar-refractivity contribution >= 4 is 26.8 Å². The van der Waals surface area contributed by atoms with Crippen LogP contribution in [-0.2, 0) is 6.42 Å². The maximum Gasteiger partial charge on any atom is 0.260 e. The first-order chi connectivity index (χ1) is 13.0. The first-order valence-corrected chi connectivity index (χ1v) is 9.32. The molecule has 0 radical (unpaired) electrons. The van der Waals surface area contributed by atoms with Gasteiger partial charge in [-0.15, -0.1) is 0 Å². The highest BCUT2D eigenvalue weighted by Crippen LogP contribution is 2.32. The Morgan fingerprint density at radius 3 is 2.30 bits per heavy atom. The number of aromatic nitrogens is 2. The third kappa shape index (κ3) is 4.60. The Balaban J connectivity index is 0.00000126. The van der Waals surface area contributed by atoms with E-state index in [2.05, 4.69) is 25.9 Å². The lowest BCUT2D eigenvalue weighted by Gasteiger charge is -2.13.